The van der Waals surface area contributed by atoms with Gasteiger partial charge in [0.25, 0.3) is 11.8 Å². The van der Waals surface area contributed by atoms with E-state index in [0.717, 1.165) is 17.0 Å². The topological polar surface area (TPSA) is 80.6 Å². The number of carbonyl (C=O) groups is 2. The van der Waals surface area contributed by atoms with Gasteiger partial charge < -0.3 is 14.5 Å². The van der Waals surface area contributed by atoms with Crippen LogP contribution in [0.3, 0.4) is 0 Å². The predicted octanol–water partition coefficient (Wildman–Crippen LogP) is 4.88. The second kappa shape index (κ2) is 10.7. The molecule has 8 nitrogen and oxygen atoms in total. The summed E-state index contributed by atoms with van der Waals surface area (Å²) < 4.78 is 7.36. The number of nitrogens with zero attached hydrogens (tertiary/aromatic N) is 5. The summed E-state index contributed by atoms with van der Waals surface area (Å²) in [6, 6.07) is 24.2. The van der Waals surface area contributed by atoms with Crippen LogP contribution >= 0.6 is 11.6 Å². The average Bonchev–Trinajstić information content (AvgIpc) is 3.42. The second-order valence-corrected chi connectivity index (χ2v) is 10.2. The number of piperazine rings is 1. The maximum atomic E-state index is 13.4. The lowest BCUT2D eigenvalue weighted by Gasteiger charge is -2.46. The van der Waals surface area contributed by atoms with Gasteiger partial charge in [-0.1, -0.05) is 48.0 Å². The van der Waals surface area contributed by atoms with E-state index in [1.807, 2.05) is 80.6 Å². The highest BCUT2D eigenvalue weighted by atomic mass is 35.5. The standard InChI is InChI=1S/C29H28ClN5O3/c1-29(2)19-33(27(36)22-9-6-8-21(16-22)18-38-25-12-4-3-5-13-25)14-15-34(29)28(37)26-31-20-35(32-26)24-11-7-10-23(30)17-24/h3-13,16-17,20H,14-15,18-19H2,1-2H3. The molecule has 0 spiro atoms. The summed E-state index contributed by atoms with van der Waals surface area (Å²) in [6.45, 7) is 5.43. The van der Waals surface area contributed by atoms with Gasteiger partial charge >= 0.3 is 0 Å². The van der Waals surface area contributed by atoms with Crippen molar-refractivity contribution in [1.82, 2.24) is 24.6 Å². The van der Waals surface area contributed by atoms with E-state index in [1.165, 1.54) is 11.0 Å². The summed E-state index contributed by atoms with van der Waals surface area (Å²) >= 11 is 6.08. The van der Waals surface area contributed by atoms with Gasteiger partial charge in [-0.05, 0) is 61.9 Å². The van der Waals surface area contributed by atoms with Crippen LogP contribution in [0.5, 0.6) is 5.75 Å². The maximum absolute atomic E-state index is 13.4. The molecule has 2 heterocycles. The summed E-state index contributed by atoms with van der Waals surface area (Å²) in [5.41, 5.74) is 1.61. The SMILES string of the molecule is CC1(C)CN(C(=O)c2cccc(COc3ccccc3)c2)CCN1C(=O)c1ncn(-c2cccc(Cl)c2)n1. The summed E-state index contributed by atoms with van der Waals surface area (Å²) in [7, 11) is 0. The molecule has 1 aromatic heterocycles. The van der Waals surface area contributed by atoms with Crippen LogP contribution in [-0.2, 0) is 6.61 Å². The monoisotopic (exact) mass is 529 g/mol. The van der Waals surface area contributed by atoms with Crippen molar-refractivity contribution in [2.75, 3.05) is 19.6 Å². The molecular weight excluding hydrogens is 502 g/mol. The number of para-hydroxylation sites is 1. The van der Waals surface area contributed by atoms with Crippen molar-refractivity contribution in [2.24, 2.45) is 0 Å². The van der Waals surface area contributed by atoms with Crippen LogP contribution in [0.1, 0.15) is 40.4 Å². The Morgan fingerprint density at radius 2 is 1.74 bits per heavy atom. The Labute approximate surface area is 226 Å². The van der Waals surface area contributed by atoms with Crippen LogP contribution in [0.2, 0.25) is 5.02 Å². The fourth-order valence-corrected chi connectivity index (χ4v) is 4.77. The van der Waals surface area contributed by atoms with Crippen molar-refractivity contribution < 1.29 is 14.3 Å². The van der Waals surface area contributed by atoms with Gasteiger partial charge in [-0.3, -0.25) is 9.59 Å². The Kier molecular flexibility index (Phi) is 7.15. The fraction of sp³-hybridized carbons (Fsp3) is 0.241. The molecule has 0 unspecified atom stereocenters. The van der Waals surface area contributed by atoms with Crippen LogP contribution in [0.4, 0.5) is 0 Å². The molecule has 5 rings (SSSR count). The zero-order chi connectivity index (χ0) is 26.7. The lowest BCUT2D eigenvalue weighted by atomic mass is 9.97. The molecule has 4 aromatic rings. The molecule has 9 heteroatoms. The number of amides is 2. The van der Waals surface area contributed by atoms with Gasteiger partial charge in [0.1, 0.15) is 18.7 Å². The highest BCUT2D eigenvalue weighted by Crippen LogP contribution is 2.25. The minimum Gasteiger partial charge on any atom is -0.489 e. The third-order valence-electron chi connectivity index (χ3n) is 6.51. The van der Waals surface area contributed by atoms with Crippen LogP contribution < -0.4 is 4.74 Å². The van der Waals surface area contributed by atoms with E-state index in [1.54, 1.807) is 21.9 Å². The molecule has 194 valence electrons. The molecular formula is C29H28ClN5O3. The number of hydrogen-bond donors (Lipinski definition) is 0. The molecule has 0 radical (unpaired) electrons. The van der Waals surface area contributed by atoms with E-state index in [-0.39, 0.29) is 17.6 Å². The van der Waals surface area contributed by atoms with E-state index in [0.29, 0.717) is 36.8 Å². The second-order valence-electron chi connectivity index (χ2n) is 9.79. The number of aromatic nitrogens is 3. The summed E-state index contributed by atoms with van der Waals surface area (Å²) in [5.74, 6) is 0.528. The van der Waals surface area contributed by atoms with E-state index in [9.17, 15) is 9.59 Å². The molecule has 2 amide bonds. The number of carbonyl (C=O) groups excluding carboxylic acids is 2. The number of hydrogen-bond acceptors (Lipinski definition) is 5. The maximum Gasteiger partial charge on any atom is 0.294 e. The van der Waals surface area contributed by atoms with Crippen LogP contribution in [0.25, 0.3) is 5.69 Å². The minimum absolute atomic E-state index is 0.0740. The number of ether oxygens (including phenoxy) is 1. The molecule has 0 bridgehead atoms. The first-order valence-corrected chi connectivity index (χ1v) is 12.7. The van der Waals surface area contributed by atoms with Gasteiger partial charge in [-0.25, -0.2) is 9.67 Å². The summed E-state index contributed by atoms with van der Waals surface area (Å²) in [6.07, 6.45) is 1.50. The summed E-state index contributed by atoms with van der Waals surface area (Å²) in [5, 5.41) is 4.95. The van der Waals surface area contributed by atoms with E-state index >= 15 is 0 Å². The molecule has 1 aliphatic heterocycles. The molecule has 1 saturated heterocycles. The number of rotatable bonds is 6. The van der Waals surface area contributed by atoms with Gasteiger partial charge in [-0.2, -0.15) is 0 Å². The van der Waals surface area contributed by atoms with Crippen LogP contribution in [-0.4, -0.2) is 61.6 Å². The Morgan fingerprint density at radius 1 is 0.947 bits per heavy atom. The molecule has 1 fully saturated rings. The Hall–Kier alpha value is -4.17. The highest BCUT2D eigenvalue weighted by Gasteiger charge is 2.40. The van der Waals surface area contributed by atoms with Crippen molar-refractivity contribution in [3.8, 4) is 11.4 Å². The van der Waals surface area contributed by atoms with Gasteiger partial charge in [0, 0.05) is 30.2 Å². The van der Waals surface area contributed by atoms with Crippen molar-refractivity contribution in [1.29, 1.82) is 0 Å². The smallest absolute Gasteiger partial charge is 0.294 e. The Bertz CT molecular complexity index is 1450. The average molecular weight is 530 g/mol. The largest absolute Gasteiger partial charge is 0.489 e. The zero-order valence-electron chi connectivity index (χ0n) is 21.3. The van der Waals surface area contributed by atoms with Crippen LogP contribution in [0, 0.1) is 0 Å². The number of benzene rings is 3. The van der Waals surface area contributed by atoms with Crippen LogP contribution in [0.15, 0.2) is 85.2 Å². The molecule has 38 heavy (non-hydrogen) atoms. The first-order chi connectivity index (χ1) is 18.3. The van der Waals surface area contributed by atoms with Gasteiger partial charge in [0.2, 0.25) is 5.82 Å². The van der Waals surface area contributed by atoms with Crippen molar-refractivity contribution in [3.63, 3.8) is 0 Å². The summed E-state index contributed by atoms with van der Waals surface area (Å²) in [4.78, 5) is 34.5. The lowest BCUT2D eigenvalue weighted by Crippen LogP contribution is -2.62. The number of halogens is 1. The molecule has 0 N–H and O–H groups in total. The van der Waals surface area contributed by atoms with E-state index in [2.05, 4.69) is 10.1 Å². The van der Waals surface area contributed by atoms with Gasteiger partial charge in [0.15, 0.2) is 0 Å². The minimum atomic E-state index is -0.611. The molecule has 0 aliphatic carbocycles. The predicted molar refractivity (Wildman–Crippen MR) is 145 cm³/mol. The van der Waals surface area contributed by atoms with Crippen molar-refractivity contribution >= 4 is 23.4 Å². The molecule has 0 saturated carbocycles. The molecule has 3 aromatic carbocycles. The van der Waals surface area contributed by atoms with E-state index < -0.39 is 5.54 Å². The Morgan fingerprint density at radius 3 is 2.50 bits per heavy atom. The van der Waals surface area contributed by atoms with E-state index in [4.69, 9.17) is 16.3 Å². The third kappa shape index (κ3) is 5.55. The van der Waals surface area contributed by atoms with Crippen molar-refractivity contribution in [2.45, 2.75) is 26.0 Å². The van der Waals surface area contributed by atoms with Crippen molar-refractivity contribution in [3.05, 3.63) is 107 Å². The van der Waals surface area contributed by atoms with Gasteiger partial charge in [0.05, 0.1) is 11.2 Å². The molecule has 1 aliphatic rings. The Balaban J connectivity index is 1.25. The first kappa shape index (κ1) is 25.5. The quantitative estimate of drug-likeness (QED) is 0.356. The first-order valence-electron chi connectivity index (χ1n) is 12.4. The van der Waals surface area contributed by atoms with Gasteiger partial charge in [-0.15, -0.1) is 5.10 Å². The highest BCUT2D eigenvalue weighted by molar-refractivity contribution is 6.30. The molecule has 0 atom stereocenters. The zero-order valence-corrected chi connectivity index (χ0v) is 22.0. The third-order valence-corrected chi connectivity index (χ3v) is 6.75. The fourth-order valence-electron chi connectivity index (χ4n) is 4.59. The lowest BCUT2D eigenvalue weighted by molar-refractivity contribution is 0.0160. The normalized spacial score (nSPS) is 14.8.